The SMILES string of the molecule is C=CCn1c(SCCC(=O)Nc2ccccc2[N+](=O)[O-])nnc1-c1ccc(C(C)(C)C)cc1. The molecule has 0 atom stereocenters. The van der Waals surface area contributed by atoms with Gasteiger partial charge in [0.1, 0.15) is 5.69 Å². The van der Waals surface area contributed by atoms with E-state index in [0.717, 1.165) is 11.4 Å². The van der Waals surface area contributed by atoms with E-state index in [1.807, 2.05) is 16.7 Å². The zero-order chi connectivity index (χ0) is 24.0. The number of anilines is 1. The molecule has 3 aromatic rings. The van der Waals surface area contributed by atoms with Crippen molar-refractivity contribution in [2.45, 2.75) is 44.3 Å². The van der Waals surface area contributed by atoms with Crippen LogP contribution in [0.5, 0.6) is 0 Å². The summed E-state index contributed by atoms with van der Waals surface area (Å²) in [6.45, 7) is 10.9. The molecule has 0 saturated heterocycles. The number of hydrogen-bond donors (Lipinski definition) is 1. The maximum atomic E-state index is 12.3. The maximum absolute atomic E-state index is 12.3. The van der Waals surface area contributed by atoms with Crippen molar-refractivity contribution in [1.29, 1.82) is 0 Å². The molecule has 0 aliphatic carbocycles. The number of carbonyl (C=O) groups excluding carboxylic acids is 1. The molecule has 0 aliphatic heterocycles. The maximum Gasteiger partial charge on any atom is 0.292 e. The van der Waals surface area contributed by atoms with E-state index in [-0.39, 0.29) is 29.1 Å². The molecule has 0 fully saturated rings. The summed E-state index contributed by atoms with van der Waals surface area (Å²) >= 11 is 1.41. The fourth-order valence-corrected chi connectivity index (χ4v) is 4.09. The van der Waals surface area contributed by atoms with E-state index in [0.29, 0.717) is 17.5 Å². The molecular weight excluding hydrogens is 438 g/mol. The van der Waals surface area contributed by atoms with Crippen LogP contribution in [0.25, 0.3) is 11.4 Å². The monoisotopic (exact) mass is 465 g/mol. The van der Waals surface area contributed by atoms with Crippen molar-refractivity contribution in [2.75, 3.05) is 11.1 Å². The Morgan fingerprint density at radius 3 is 2.52 bits per heavy atom. The first-order valence-corrected chi connectivity index (χ1v) is 11.5. The third-order valence-electron chi connectivity index (χ3n) is 4.97. The number of nitrogens with one attached hydrogen (secondary N) is 1. The fourth-order valence-electron chi connectivity index (χ4n) is 3.21. The molecule has 1 amide bonds. The second kappa shape index (κ2) is 10.4. The van der Waals surface area contributed by atoms with Crippen molar-refractivity contribution in [3.05, 3.63) is 76.9 Å². The van der Waals surface area contributed by atoms with Crippen LogP contribution >= 0.6 is 11.8 Å². The van der Waals surface area contributed by atoms with E-state index in [4.69, 9.17) is 0 Å². The largest absolute Gasteiger partial charge is 0.320 e. The number of allylic oxidation sites excluding steroid dienone is 1. The Kier molecular flexibility index (Phi) is 7.65. The molecule has 1 heterocycles. The Balaban J connectivity index is 1.67. The van der Waals surface area contributed by atoms with Crippen LogP contribution in [0, 0.1) is 10.1 Å². The molecule has 1 aromatic heterocycles. The van der Waals surface area contributed by atoms with Gasteiger partial charge in [0.25, 0.3) is 5.69 Å². The second-order valence-corrected chi connectivity index (χ2v) is 9.52. The highest BCUT2D eigenvalue weighted by Gasteiger charge is 2.18. The number of rotatable bonds is 9. The molecule has 33 heavy (non-hydrogen) atoms. The van der Waals surface area contributed by atoms with E-state index in [2.05, 4.69) is 55.0 Å². The lowest BCUT2D eigenvalue weighted by Gasteiger charge is -2.19. The van der Waals surface area contributed by atoms with Crippen LogP contribution in [0.4, 0.5) is 11.4 Å². The number of nitro groups is 1. The van der Waals surface area contributed by atoms with Gasteiger partial charge in [-0.3, -0.25) is 19.5 Å². The minimum Gasteiger partial charge on any atom is -0.320 e. The van der Waals surface area contributed by atoms with Crippen molar-refractivity contribution in [1.82, 2.24) is 14.8 Å². The molecule has 172 valence electrons. The van der Waals surface area contributed by atoms with E-state index in [1.54, 1.807) is 18.2 Å². The van der Waals surface area contributed by atoms with Crippen molar-refractivity contribution in [2.24, 2.45) is 0 Å². The van der Waals surface area contributed by atoms with Gasteiger partial charge in [0, 0.05) is 30.3 Å². The van der Waals surface area contributed by atoms with Crippen LogP contribution in [0.2, 0.25) is 0 Å². The van der Waals surface area contributed by atoms with E-state index < -0.39 is 4.92 Å². The van der Waals surface area contributed by atoms with E-state index in [1.165, 1.54) is 29.5 Å². The Hall–Kier alpha value is -3.46. The fraction of sp³-hybridized carbons (Fsp3) is 0.292. The highest BCUT2D eigenvalue weighted by Crippen LogP contribution is 2.28. The van der Waals surface area contributed by atoms with Crippen molar-refractivity contribution >= 4 is 29.0 Å². The Morgan fingerprint density at radius 2 is 1.88 bits per heavy atom. The van der Waals surface area contributed by atoms with Gasteiger partial charge < -0.3 is 5.32 Å². The lowest BCUT2D eigenvalue weighted by Crippen LogP contribution is -2.13. The molecule has 3 rings (SSSR count). The first kappa shape index (κ1) is 24.2. The van der Waals surface area contributed by atoms with Gasteiger partial charge in [-0.1, -0.05) is 75.0 Å². The first-order valence-electron chi connectivity index (χ1n) is 10.5. The van der Waals surface area contributed by atoms with Gasteiger partial charge in [-0.2, -0.15) is 0 Å². The van der Waals surface area contributed by atoms with Crippen molar-refractivity contribution < 1.29 is 9.72 Å². The predicted molar refractivity (Wildman–Crippen MR) is 131 cm³/mol. The van der Waals surface area contributed by atoms with Crippen LogP contribution in [-0.2, 0) is 16.8 Å². The van der Waals surface area contributed by atoms with Gasteiger partial charge in [0.2, 0.25) is 5.91 Å². The Morgan fingerprint density at radius 1 is 1.18 bits per heavy atom. The minimum absolute atomic E-state index is 0.0646. The van der Waals surface area contributed by atoms with Crippen LogP contribution in [0.3, 0.4) is 0 Å². The van der Waals surface area contributed by atoms with Gasteiger partial charge in [-0.15, -0.1) is 16.8 Å². The summed E-state index contributed by atoms with van der Waals surface area (Å²) in [5.41, 5.74) is 2.31. The van der Waals surface area contributed by atoms with Gasteiger partial charge in [-0.05, 0) is 17.0 Å². The summed E-state index contributed by atoms with van der Waals surface area (Å²) in [6, 6.07) is 14.4. The Labute approximate surface area is 197 Å². The number of carbonyl (C=O) groups is 1. The number of aromatic nitrogens is 3. The third kappa shape index (κ3) is 6.07. The van der Waals surface area contributed by atoms with Crippen molar-refractivity contribution in [3.63, 3.8) is 0 Å². The quantitative estimate of drug-likeness (QED) is 0.195. The topological polar surface area (TPSA) is 103 Å². The molecule has 0 bridgehead atoms. The second-order valence-electron chi connectivity index (χ2n) is 8.45. The van der Waals surface area contributed by atoms with Crippen LogP contribution in [0.15, 0.2) is 66.3 Å². The number of para-hydroxylation sites is 2. The number of hydrogen-bond acceptors (Lipinski definition) is 6. The zero-order valence-electron chi connectivity index (χ0n) is 18.9. The summed E-state index contributed by atoms with van der Waals surface area (Å²) in [5.74, 6) is 0.886. The van der Waals surface area contributed by atoms with Gasteiger partial charge in [-0.25, -0.2) is 0 Å². The molecule has 0 unspecified atom stereocenters. The van der Waals surface area contributed by atoms with Gasteiger partial charge >= 0.3 is 0 Å². The van der Waals surface area contributed by atoms with Crippen molar-refractivity contribution in [3.8, 4) is 11.4 Å². The molecule has 9 heteroatoms. The van der Waals surface area contributed by atoms with Crippen LogP contribution in [0.1, 0.15) is 32.8 Å². The minimum atomic E-state index is -0.516. The molecule has 0 aliphatic rings. The summed E-state index contributed by atoms with van der Waals surface area (Å²) in [7, 11) is 0. The number of nitro benzene ring substituents is 1. The summed E-state index contributed by atoms with van der Waals surface area (Å²) in [5, 5.41) is 23.1. The average Bonchev–Trinajstić information content (AvgIpc) is 3.16. The van der Waals surface area contributed by atoms with E-state index in [9.17, 15) is 14.9 Å². The summed E-state index contributed by atoms with van der Waals surface area (Å²) in [4.78, 5) is 22.9. The highest BCUT2D eigenvalue weighted by atomic mass is 32.2. The summed E-state index contributed by atoms with van der Waals surface area (Å²) < 4.78 is 1.96. The smallest absolute Gasteiger partial charge is 0.292 e. The highest BCUT2D eigenvalue weighted by molar-refractivity contribution is 7.99. The predicted octanol–water partition coefficient (Wildman–Crippen LogP) is 5.46. The molecule has 0 spiro atoms. The molecule has 8 nitrogen and oxygen atoms in total. The molecule has 2 aromatic carbocycles. The number of thioether (sulfide) groups is 1. The molecule has 0 saturated carbocycles. The van der Waals surface area contributed by atoms with Gasteiger partial charge in [0.05, 0.1) is 4.92 Å². The lowest BCUT2D eigenvalue weighted by molar-refractivity contribution is -0.383. The summed E-state index contributed by atoms with van der Waals surface area (Å²) in [6.07, 6.45) is 1.95. The molecule has 0 radical (unpaired) electrons. The lowest BCUT2D eigenvalue weighted by atomic mass is 9.87. The molecule has 1 N–H and O–H groups in total. The normalized spacial score (nSPS) is 11.2. The van der Waals surface area contributed by atoms with Gasteiger partial charge in [0.15, 0.2) is 11.0 Å². The third-order valence-corrected chi connectivity index (χ3v) is 5.94. The number of nitrogens with zero attached hydrogens (tertiary/aromatic N) is 4. The average molecular weight is 466 g/mol. The van der Waals surface area contributed by atoms with Crippen LogP contribution in [-0.4, -0.2) is 31.3 Å². The molecular formula is C24H27N5O3S. The standard InChI is InChI=1S/C24H27N5O3S/c1-5-15-28-22(17-10-12-18(13-11-17)24(2,3)4)26-27-23(28)33-16-14-21(30)25-19-8-6-7-9-20(19)29(31)32/h5-13H,1,14-16H2,2-4H3,(H,25,30). The Bertz CT molecular complexity index is 1150. The first-order chi connectivity index (χ1) is 15.7. The number of benzene rings is 2. The van der Waals surface area contributed by atoms with E-state index >= 15 is 0 Å². The number of amides is 1. The zero-order valence-corrected chi connectivity index (χ0v) is 19.8. The van der Waals surface area contributed by atoms with Crippen LogP contribution < -0.4 is 5.32 Å².